The van der Waals surface area contributed by atoms with Crippen molar-refractivity contribution in [2.75, 3.05) is 18.6 Å². The van der Waals surface area contributed by atoms with E-state index in [9.17, 15) is 29.4 Å². The molecular formula is C20H30N8O6S. The zero-order valence-corrected chi connectivity index (χ0v) is 19.9. The van der Waals surface area contributed by atoms with Gasteiger partial charge in [0.2, 0.25) is 17.7 Å². The van der Waals surface area contributed by atoms with Crippen molar-refractivity contribution < 1.29 is 29.4 Å². The van der Waals surface area contributed by atoms with Crippen LogP contribution >= 0.6 is 11.8 Å². The van der Waals surface area contributed by atoms with E-state index in [0.717, 1.165) is 0 Å². The molecule has 35 heavy (non-hydrogen) atoms. The molecule has 192 valence electrons. The predicted molar refractivity (Wildman–Crippen MR) is 126 cm³/mol. The van der Waals surface area contributed by atoms with Crippen molar-refractivity contribution in [1.82, 2.24) is 35.9 Å². The van der Waals surface area contributed by atoms with Gasteiger partial charge in [-0.1, -0.05) is 0 Å². The number of rotatable bonds is 15. The summed E-state index contributed by atoms with van der Waals surface area (Å²) in [6, 6.07) is -4.72. The molecule has 9 N–H and O–H groups in total. The second-order valence-corrected chi connectivity index (χ2v) is 8.64. The molecule has 2 heterocycles. The summed E-state index contributed by atoms with van der Waals surface area (Å²) in [5.74, 6) is -2.95. The van der Waals surface area contributed by atoms with Crippen LogP contribution in [0.25, 0.3) is 0 Å². The molecular weight excluding hydrogens is 480 g/mol. The van der Waals surface area contributed by atoms with Crippen LogP contribution in [0.2, 0.25) is 0 Å². The summed E-state index contributed by atoms with van der Waals surface area (Å²) in [4.78, 5) is 62.8. The zero-order valence-electron chi connectivity index (χ0n) is 19.1. The quantitative estimate of drug-likeness (QED) is 0.126. The number of imidazole rings is 2. The molecule has 0 fully saturated rings. The Morgan fingerprint density at radius 1 is 0.943 bits per heavy atom. The normalized spacial score (nSPS) is 14.4. The van der Waals surface area contributed by atoms with E-state index in [1.54, 1.807) is 0 Å². The molecule has 0 spiro atoms. The summed E-state index contributed by atoms with van der Waals surface area (Å²) in [7, 11) is 0. The van der Waals surface area contributed by atoms with E-state index < -0.39 is 54.5 Å². The molecule has 0 saturated heterocycles. The third-order valence-electron chi connectivity index (χ3n) is 4.98. The summed E-state index contributed by atoms with van der Waals surface area (Å²) in [6.45, 7) is -0.781. The monoisotopic (exact) mass is 510 g/mol. The van der Waals surface area contributed by atoms with Gasteiger partial charge in [0.05, 0.1) is 25.3 Å². The highest BCUT2D eigenvalue weighted by Gasteiger charge is 2.30. The third-order valence-corrected chi connectivity index (χ3v) is 5.63. The van der Waals surface area contributed by atoms with Crippen LogP contribution in [0.5, 0.6) is 0 Å². The van der Waals surface area contributed by atoms with Crippen LogP contribution in [0.4, 0.5) is 0 Å². The maximum absolute atomic E-state index is 12.9. The van der Waals surface area contributed by atoms with Crippen molar-refractivity contribution in [2.45, 2.75) is 43.4 Å². The van der Waals surface area contributed by atoms with Gasteiger partial charge in [-0.15, -0.1) is 0 Å². The second-order valence-electron chi connectivity index (χ2n) is 7.65. The molecule has 0 aliphatic heterocycles. The highest BCUT2D eigenvalue weighted by Crippen LogP contribution is 2.05. The fourth-order valence-corrected chi connectivity index (χ4v) is 3.54. The van der Waals surface area contributed by atoms with E-state index in [1.807, 2.05) is 6.26 Å². The van der Waals surface area contributed by atoms with E-state index >= 15 is 0 Å². The SMILES string of the molecule is CSCCC(NC(=O)C(N)Cc1cnc[nH]1)C(=O)NC(CO)C(=O)NC(Cc1cnc[nH]1)C(=O)O. The second kappa shape index (κ2) is 14.1. The Morgan fingerprint density at radius 2 is 1.49 bits per heavy atom. The van der Waals surface area contributed by atoms with E-state index in [-0.39, 0.29) is 19.3 Å². The number of aliphatic hydroxyl groups excluding tert-OH is 1. The highest BCUT2D eigenvalue weighted by atomic mass is 32.2. The van der Waals surface area contributed by atoms with Crippen molar-refractivity contribution in [3.8, 4) is 0 Å². The molecule has 0 aromatic carbocycles. The molecule has 3 amide bonds. The van der Waals surface area contributed by atoms with Gasteiger partial charge in [0.15, 0.2) is 0 Å². The number of aliphatic carboxylic acids is 1. The maximum Gasteiger partial charge on any atom is 0.326 e. The fraction of sp³-hybridized carbons (Fsp3) is 0.500. The number of carbonyl (C=O) groups excluding carboxylic acids is 3. The average Bonchev–Trinajstić information content (AvgIpc) is 3.53. The van der Waals surface area contributed by atoms with Crippen LogP contribution in [-0.2, 0) is 32.0 Å². The molecule has 0 radical (unpaired) electrons. The Labute approximate surface area is 205 Å². The number of carboxylic acid groups (broad SMARTS) is 1. The number of hydrogen-bond donors (Lipinski definition) is 8. The van der Waals surface area contributed by atoms with Crippen LogP contribution in [0.1, 0.15) is 17.8 Å². The first kappa shape index (κ1) is 27.8. The average molecular weight is 511 g/mol. The number of H-pyrrole nitrogens is 2. The van der Waals surface area contributed by atoms with Crippen molar-refractivity contribution in [1.29, 1.82) is 0 Å². The van der Waals surface area contributed by atoms with E-state index in [1.165, 1.54) is 36.8 Å². The smallest absolute Gasteiger partial charge is 0.326 e. The summed E-state index contributed by atoms with van der Waals surface area (Å²) in [6.07, 6.45) is 7.96. The van der Waals surface area contributed by atoms with Gasteiger partial charge in [-0.05, 0) is 18.4 Å². The van der Waals surface area contributed by atoms with Gasteiger partial charge in [-0.3, -0.25) is 14.4 Å². The highest BCUT2D eigenvalue weighted by molar-refractivity contribution is 7.98. The van der Waals surface area contributed by atoms with Crippen LogP contribution in [0, 0.1) is 0 Å². The van der Waals surface area contributed by atoms with Crippen LogP contribution in [0.15, 0.2) is 25.0 Å². The predicted octanol–water partition coefficient (Wildman–Crippen LogP) is -2.47. The van der Waals surface area contributed by atoms with Gasteiger partial charge in [0, 0.05) is 36.6 Å². The van der Waals surface area contributed by atoms with E-state index in [2.05, 4.69) is 35.9 Å². The van der Waals surface area contributed by atoms with Crippen molar-refractivity contribution in [3.63, 3.8) is 0 Å². The maximum atomic E-state index is 12.9. The number of carboxylic acids is 1. The molecule has 2 rings (SSSR count). The molecule has 14 nitrogen and oxygen atoms in total. The number of carbonyl (C=O) groups is 4. The van der Waals surface area contributed by atoms with E-state index in [4.69, 9.17) is 5.73 Å². The van der Waals surface area contributed by atoms with Gasteiger partial charge >= 0.3 is 5.97 Å². The van der Waals surface area contributed by atoms with Crippen LogP contribution in [-0.4, -0.2) is 96.6 Å². The van der Waals surface area contributed by atoms with Crippen LogP contribution in [0.3, 0.4) is 0 Å². The zero-order chi connectivity index (χ0) is 25.8. The number of nitrogens with two attached hydrogens (primary N) is 1. The number of nitrogens with zero attached hydrogens (tertiary/aromatic N) is 2. The number of amides is 3. The number of aliphatic hydroxyl groups is 1. The third kappa shape index (κ3) is 9.03. The minimum Gasteiger partial charge on any atom is -0.480 e. The van der Waals surface area contributed by atoms with Gasteiger partial charge in [-0.2, -0.15) is 11.8 Å². The summed E-state index contributed by atoms with van der Waals surface area (Å²) in [5.41, 5.74) is 7.07. The van der Waals surface area contributed by atoms with Gasteiger partial charge in [0.25, 0.3) is 0 Å². The first-order valence-corrected chi connectivity index (χ1v) is 12.1. The first-order valence-electron chi connectivity index (χ1n) is 10.7. The van der Waals surface area contributed by atoms with Gasteiger partial charge in [0.1, 0.15) is 18.1 Å². The van der Waals surface area contributed by atoms with Crippen LogP contribution < -0.4 is 21.7 Å². The lowest BCUT2D eigenvalue weighted by atomic mass is 10.1. The summed E-state index contributed by atoms with van der Waals surface area (Å²) >= 11 is 1.45. The number of thioether (sulfide) groups is 1. The summed E-state index contributed by atoms with van der Waals surface area (Å²) < 4.78 is 0. The molecule has 0 saturated carbocycles. The first-order chi connectivity index (χ1) is 16.7. The summed E-state index contributed by atoms with van der Waals surface area (Å²) in [5, 5.41) is 26.3. The Kier molecular flexibility index (Phi) is 11.2. The fourth-order valence-electron chi connectivity index (χ4n) is 3.06. The Bertz CT molecular complexity index is 955. The van der Waals surface area contributed by atoms with Gasteiger partial charge in [-0.25, -0.2) is 14.8 Å². The molecule has 0 aliphatic carbocycles. The lowest BCUT2D eigenvalue weighted by molar-refractivity contribution is -0.142. The molecule has 4 unspecified atom stereocenters. The molecule has 4 atom stereocenters. The minimum absolute atomic E-state index is 0.0756. The standard InChI is InChI=1S/C20H30N8O6S/c1-35-3-2-14(26-17(30)13(21)4-11-6-22-9-24-11)18(31)28-16(8-29)19(32)27-15(20(33)34)5-12-7-23-10-25-12/h6-7,9-10,13-16,29H,2-5,8,21H2,1H3,(H,22,24)(H,23,25)(H,26,30)(H,27,32)(H,28,31)(H,33,34). The van der Waals surface area contributed by atoms with Crippen molar-refractivity contribution >= 4 is 35.5 Å². The topological polar surface area (TPSA) is 228 Å². The Balaban J connectivity index is 2.00. The van der Waals surface area contributed by atoms with Crippen molar-refractivity contribution in [3.05, 3.63) is 36.4 Å². The molecule has 2 aromatic rings. The number of aromatic nitrogens is 4. The Hall–Kier alpha value is -3.43. The number of aromatic amines is 2. The number of nitrogens with one attached hydrogen (secondary N) is 5. The molecule has 15 heteroatoms. The number of hydrogen-bond acceptors (Lipinski definition) is 9. The molecule has 0 aliphatic rings. The largest absolute Gasteiger partial charge is 0.480 e. The van der Waals surface area contributed by atoms with E-state index in [0.29, 0.717) is 17.1 Å². The minimum atomic E-state index is -1.43. The Morgan fingerprint density at radius 3 is 2.00 bits per heavy atom. The van der Waals surface area contributed by atoms with Gasteiger partial charge < -0.3 is 41.9 Å². The van der Waals surface area contributed by atoms with Crippen molar-refractivity contribution in [2.24, 2.45) is 5.73 Å². The molecule has 2 aromatic heterocycles. The lowest BCUT2D eigenvalue weighted by Crippen LogP contribution is -2.58. The lowest BCUT2D eigenvalue weighted by Gasteiger charge is -2.24. The molecule has 0 bridgehead atoms.